The third-order valence-corrected chi connectivity index (χ3v) is 3.84. The molecular formula is C14H30N2O2. The van der Waals surface area contributed by atoms with Crippen LogP contribution < -0.4 is 5.32 Å². The summed E-state index contributed by atoms with van der Waals surface area (Å²) in [4.78, 5) is 2.48. The maximum absolute atomic E-state index is 5.19. The number of nitrogens with one attached hydrogen (secondary N) is 1. The molecule has 0 aromatic carbocycles. The van der Waals surface area contributed by atoms with Crippen LogP contribution in [0.3, 0.4) is 0 Å². The summed E-state index contributed by atoms with van der Waals surface area (Å²) in [5.41, 5.74) is 0. The fraction of sp³-hybridized carbons (Fsp3) is 1.00. The molecule has 0 aliphatic heterocycles. The van der Waals surface area contributed by atoms with Crippen LogP contribution in [0.1, 0.15) is 26.2 Å². The van der Waals surface area contributed by atoms with Crippen LogP contribution in [0, 0.1) is 5.92 Å². The predicted molar refractivity (Wildman–Crippen MR) is 75.0 cm³/mol. The lowest BCUT2D eigenvalue weighted by atomic mass is 10.0. The molecule has 0 saturated heterocycles. The van der Waals surface area contributed by atoms with Gasteiger partial charge in [0.2, 0.25) is 0 Å². The molecular weight excluding hydrogens is 228 g/mol. The van der Waals surface area contributed by atoms with Gasteiger partial charge in [-0.25, -0.2) is 0 Å². The Morgan fingerprint density at radius 3 is 2.33 bits per heavy atom. The number of methoxy groups -OCH3 is 2. The predicted octanol–water partition coefficient (Wildman–Crippen LogP) is 1.36. The molecule has 0 aromatic rings. The van der Waals surface area contributed by atoms with Crippen molar-refractivity contribution in [3.8, 4) is 0 Å². The molecule has 1 fully saturated rings. The molecule has 4 heteroatoms. The Kier molecular flexibility index (Phi) is 8.59. The molecule has 0 aromatic heterocycles. The number of rotatable bonds is 10. The second-order valence-corrected chi connectivity index (χ2v) is 5.14. The highest BCUT2D eigenvalue weighted by Crippen LogP contribution is 2.26. The quantitative estimate of drug-likeness (QED) is 0.641. The van der Waals surface area contributed by atoms with Crippen molar-refractivity contribution in [3.05, 3.63) is 0 Å². The zero-order valence-electron chi connectivity index (χ0n) is 12.3. The van der Waals surface area contributed by atoms with Crippen molar-refractivity contribution in [2.45, 2.75) is 32.2 Å². The molecule has 108 valence electrons. The molecule has 0 spiro atoms. The largest absolute Gasteiger partial charge is 0.383 e. The summed E-state index contributed by atoms with van der Waals surface area (Å²) in [6.07, 6.45) is 4.06. The summed E-state index contributed by atoms with van der Waals surface area (Å²) in [6, 6.07) is 0.711. The van der Waals surface area contributed by atoms with Crippen LogP contribution in [0.25, 0.3) is 0 Å². The molecule has 0 bridgehead atoms. The first-order valence-corrected chi connectivity index (χ1v) is 7.25. The molecule has 1 aliphatic carbocycles. The molecule has 1 N–H and O–H groups in total. The van der Waals surface area contributed by atoms with Gasteiger partial charge in [-0.2, -0.15) is 0 Å². The van der Waals surface area contributed by atoms with Crippen molar-refractivity contribution >= 4 is 0 Å². The average Bonchev–Trinajstić information content (AvgIpc) is 2.80. The minimum absolute atomic E-state index is 0.711. The van der Waals surface area contributed by atoms with Gasteiger partial charge in [0.15, 0.2) is 0 Å². The summed E-state index contributed by atoms with van der Waals surface area (Å²) in [5, 5.41) is 3.62. The minimum Gasteiger partial charge on any atom is -0.383 e. The van der Waals surface area contributed by atoms with Crippen LogP contribution in [-0.4, -0.2) is 64.6 Å². The molecule has 18 heavy (non-hydrogen) atoms. The second kappa shape index (κ2) is 9.73. The highest BCUT2D eigenvalue weighted by molar-refractivity contribution is 4.85. The summed E-state index contributed by atoms with van der Waals surface area (Å²) in [7, 11) is 3.54. The first kappa shape index (κ1) is 15.9. The zero-order chi connectivity index (χ0) is 13.2. The van der Waals surface area contributed by atoms with Gasteiger partial charge in [-0.15, -0.1) is 0 Å². The van der Waals surface area contributed by atoms with E-state index in [4.69, 9.17) is 9.47 Å². The number of hydrogen-bond acceptors (Lipinski definition) is 4. The molecule has 0 radical (unpaired) electrons. The van der Waals surface area contributed by atoms with E-state index in [1.807, 2.05) is 0 Å². The van der Waals surface area contributed by atoms with Gasteiger partial charge in [0.1, 0.15) is 0 Å². The van der Waals surface area contributed by atoms with Gasteiger partial charge in [-0.3, -0.25) is 4.90 Å². The molecule has 4 nitrogen and oxygen atoms in total. The Balaban J connectivity index is 2.36. The lowest BCUT2D eigenvalue weighted by Crippen LogP contribution is -2.41. The van der Waals surface area contributed by atoms with Gasteiger partial charge >= 0.3 is 0 Å². The van der Waals surface area contributed by atoms with Gasteiger partial charge in [-0.05, 0) is 25.3 Å². The lowest BCUT2D eigenvalue weighted by molar-refractivity contribution is 0.101. The summed E-state index contributed by atoms with van der Waals surface area (Å²) < 4.78 is 10.4. The molecule has 1 rings (SSSR count). The molecule has 0 heterocycles. The average molecular weight is 258 g/mol. The first-order chi connectivity index (χ1) is 8.81. The maximum atomic E-state index is 5.19. The first-order valence-electron chi connectivity index (χ1n) is 7.25. The van der Waals surface area contributed by atoms with Crippen molar-refractivity contribution in [1.29, 1.82) is 0 Å². The van der Waals surface area contributed by atoms with E-state index < -0.39 is 0 Å². The van der Waals surface area contributed by atoms with Crippen molar-refractivity contribution in [1.82, 2.24) is 10.2 Å². The van der Waals surface area contributed by atoms with Crippen molar-refractivity contribution in [2.75, 3.05) is 53.6 Å². The third kappa shape index (κ3) is 5.65. The van der Waals surface area contributed by atoms with E-state index >= 15 is 0 Å². The number of hydrogen-bond donors (Lipinski definition) is 1. The smallest absolute Gasteiger partial charge is 0.0589 e. The SMILES string of the molecule is CCNC1CCCC1CN(CCOC)CCOC. The van der Waals surface area contributed by atoms with Crippen molar-refractivity contribution in [2.24, 2.45) is 5.92 Å². The Morgan fingerprint density at radius 1 is 1.11 bits per heavy atom. The van der Waals surface area contributed by atoms with E-state index in [9.17, 15) is 0 Å². The third-order valence-electron chi connectivity index (χ3n) is 3.84. The van der Waals surface area contributed by atoms with Crippen LogP contribution in [0.2, 0.25) is 0 Å². The van der Waals surface area contributed by atoms with E-state index in [2.05, 4.69) is 17.1 Å². The topological polar surface area (TPSA) is 33.7 Å². The van der Waals surface area contributed by atoms with Crippen molar-refractivity contribution < 1.29 is 9.47 Å². The Hall–Kier alpha value is -0.160. The van der Waals surface area contributed by atoms with E-state index in [0.29, 0.717) is 6.04 Å². The molecule has 2 unspecified atom stereocenters. The van der Waals surface area contributed by atoms with Crippen LogP contribution in [0.15, 0.2) is 0 Å². The van der Waals surface area contributed by atoms with Crippen molar-refractivity contribution in [3.63, 3.8) is 0 Å². The fourth-order valence-corrected chi connectivity index (χ4v) is 2.85. The lowest BCUT2D eigenvalue weighted by Gasteiger charge is -2.28. The minimum atomic E-state index is 0.711. The number of nitrogens with zero attached hydrogens (tertiary/aromatic N) is 1. The van der Waals surface area contributed by atoms with E-state index in [-0.39, 0.29) is 0 Å². The van der Waals surface area contributed by atoms with E-state index in [1.165, 1.54) is 25.8 Å². The normalized spacial score (nSPS) is 24.0. The van der Waals surface area contributed by atoms with Crippen LogP contribution in [0.5, 0.6) is 0 Å². The fourth-order valence-electron chi connectivity index (χ4n) is 2.85. The van der Waals surface area contributed by atoms with Gasteiger partial charge in [0.05, 0.1) is 13.2 Å². The Bertz CT molecular complexity index is 194. The van der Waals surface area contributed by atoms with Gasteiger partial charge in [0, 0.05) is 39.9 Å². The van der Waals surface area contributed by atoms with Crippen LogP contribution >= 0.6 is 0 Å². The Labute approximate surface area is 112 Å². The molecule has 0 amide bonds. The van der Waals surface area contributed by atoms with Gasteiger partial charge in [-0.1, -0.05) is 13.3 Å². The second-order valence-electron chi connectivity index (χ2n) is 5.14. The van der Waals surface area contributed by atoms with E-state index in [0.717, 1.165) is 38.8 Å². The van der Waals surface area contributed by atoms with E-state index in [1.54, 1.807) is 14.2 Å². The number of ether oxygens (including phenoxy) is 2. The van der Waals surface area contributed by atoms with Crippen LogP contribution in [0.4, 0.5) is 0 Å². The maximum Gasteiger partial charge on any atom is 0.0589 e. The molecule has 1 aliphatic rings. The zero-order valence-corrected chi connectivity index (χ0v) is 12.3. The summed E-state index contributed by atoms with van der Waals surface area (Å²) in [5.74, 6) is 0.790. The standard InChI is InChI=1S/C14H30N2O2/c1-4-15-14-7-5-6-13(14)12-16(8-10-17-2)9-11-18-3/h13-15H,4-12H2,1-3H3. The van der Waals surface area contributed by atoms with Gasteiger partial charge in [0.25, 0.3) is 0 Å². The molecule has 1 saturated carbocycles. The Morgan fingerprint density at radius 2 is 1.78 bits per heavy atom. The monoisotopic (exact) mass is 258 g/mol. The summed E-state index contributed by atoms with van der Waals surface area (Å²) in [6.45, 7) is 8.08. The van der Waals surface area contributed by atoms with Crippen LogP contribution in [-0.2, 0) is 9.47 Å². The highest BCUT2D eigenvalue weighted by Gasteiger charge is 2.27. The summed E-state index contributed by atoms with van der Waals surface area (Å²) >= 11 is 0. The highest BCUT2D eigenvalue weighted by atomic mass is 16.5. The van der Waals surface area contributed by atoms with Gasteiger partial charge < -0.3 is 14.8 Å². The molecule has 2 atom stereocenters.